The van der Waals surface area contributed by atoms with E-state index in [9.17, 15) is 0 Å². The quantitative estimate of drug-likeness (QED) is 0.662. The van der Waals surface area contributed by atoms with E-state index < -0.39 is 0 Å². The molecule has 0 unspecified atom stereocenters. The molecule has 0 bridgehead atoms. The van der Waals surface area contributed by atoms with Gasteiger partial charge in [-0.2, -0.15) is 0 Å². The molecule has 0 saturated carbocycles. The Balaban J connectivity index is 2.62. The third kappa shape index (κ3) is 2.12. The van der Waals surface area contributed by atoms with Crippen molar-refractivity contribution in [1.29, 1.82) is 0 Å². The van der Waals surface area contributed by atoms with E-state index in [1.807, 2.05) is 6.92 Å². The van der Waals surface area contributed by atoms with E-state index in [4.69, 9.17) is 10.5 Å². The maximum atomic E-state index is 5.47. The molecule has 0 aliphatic carbocycles. The summed E-state index contributed by atoms with van der Waals surface area (Å²) in [6, 6.07) is 0. The minimum Gasteiger partial charge on any atom is -0.382 e. The summed E-state index contributed by atoms with van der Waals surface area (Å²) >= 11 is 0. The lowest BCUT2D eigenvalue weighted by atomic mass is 10.3. The van der Waals surface area contributed by atoms with Gasteiger partial charge in [0.1, 0.15) is 0 Å². The van der Waals surface area contributed by atoms with E-state index in [1.165, 1.54) is 0 Å². The summed E-state index contributed by atoms with van der Waals surface area (Å²) < 4.78 is 5.11. The normalized spacial score (nSPS) is 9.91. The highest BCUT2D eigenvalue weighted by molar-refractivity contribution is 5.34. The Kier molecular flexibility index (Phi) is 2.74. The van der Waals surface area contributed by atoms with Gasteiger partial charge >= 0.3 is 0 Å². The molecule has 1 heterocycles. The number of hydrogen-bond donors (Lipinski definition) is 1. The summed E-state index contributed by atoms with van der Waals surface area (Å²) in [6.45, 7) is 3.02. The van der Waals surface area contributed by atoms with Crippen LogP contribution in [-0.2, 0) is 11.3 Å². The minimum atomic E-state index is 0.383. The van der Waals surface area contributed by atoms with Crippen LogP contribution < -0.4 is 5.73 Å². The van der Waals surface area contributed by atoms with Crippen molar-refractivity contribution in [2.75, 3.05) is 12.3 Å². The third-order valence-corrected chi connectivity index (χ3v) is 1.21. The predicted octanol–water partition coefficient (Wildman–Crippen LogP) is -0.00970. The predicted molar refractivity (Wildman–Crippen MR) is 39.6 cm³/mol. The molecule has 0 aliphatic rings. The molecule has 1 rings (SSSR count). The first-order valence-electron chi connectivity index (χ1n) is 3.35. The van der Waals surface area contributed by atoms with Gasteiger partial charge in [-0.3, -0.25) is 0 Å². The smallest absolute Gasteiger partial charge is 0.155 e. The fraction of sp³-hybridized carbons (Fsp3) is 0.500. The van der Waals surface area contributed by atoms with Crippen molar-refractivity contribution in [3.63, 3.8) is 0 Å². The Morgan fingerprint density at radius 1 is 1.64 bits per heavy atom. The average Bonchev–Trinajstić information content (AvgIpc) is 2.03. The van der Waals surface area contributed by atoms with E-state index in [-0.39, 0.29) is 0 Å². The van der Waals surface area contributed by atoms with Gasteiger partial charge in [0.05, 0.1) is 12.8 Å². The highest BCUT2D eigenvalue weighted by atomic mass is 16.5. The first-order valence-corrected chi connectivity index (χ1v) is 3.35. The van der Waals surface area contributed by atoms with Crippen LogP contribution in [0.4, 0.5) is 5.82 Å². The second-order valence-electron chi connectivity index (χ2n) is 1.98. The van der Waals surface area contributed by atoms with E-state index >= 15 is 0 Å². The molecule has 60 valence electrons. The molecule has 11 heavy (non-hydrogen) atoms. The summed E-state index contributed by atoms with van der Waals surface area (Å²) in [6.07, 6.45) is 1.55. The second kappa shape index (κ2) is 3.82. The van der Waals surface area contributed by atoms with Crippen LogP contribution in [0, 0.1) is 0 Å². The lowest BCUT2D eigenvalue weighted by Crippen LogP contribution is -2.03. The van der Waals surface area contributed by atoms with Gasteiger partial charge in [-0.15, -0.1) is 10.2 Å². The van der Waals surface area contributed by atoms with E-state index in [0.29, 0.717) is 19.0 Å². The van der Waals surface area contributed by atoms with Crippen molar-refractivity contribution in [2.24, 2.45) is 0 Å². The Bertz CT molecular complexity index is 228. The number of nitrogens with two attached hydrogens (primary N) is 1. The number of anilines is 1. The summed E-state index contributed by atoms with van der Waals surface area (Å²) in [7, 11) is 0. The minimum absolute atomic E-state index is 0.383. The lowest BCUT2D eigenvalue weighted by molar-refractivity contribution is 0.134. The molecule has 0 atom stereocenters. The van der Waals surface area contributed by atoms with Crippen LogP contribution in [0.2, 0.25) is 0 Å². The van der Waals surface area contributed by atoms with Gasteiger partial charge in [-0.1, -0.05) is 0 Å². The van der Waals surface area contributed by atoms with Gasteiger partial charge < -0.3 is 10.5 Å². The van der Waals surface area contributed by atoms with Crippen molar-refractivity contribution in [2.45, 2.75) is 13.5 Å². The van der Waals surface area contributed by atoms with Crippen molar-refractivity contribution >= 4 is 5.82 Å². The first-order chi connectivity index (χ1) is 5.34. The zero-order valence-electron chi connectivity index (χ0n) is 6.32. The van der Waals surface area contributed by atoms with Crippen molar-refractivity contribution in [3.05, 3.63) is 11.8 Å². The third-order valence-electron chi connectivity index (χ3n) is 1.21. The van der Waals surface area contributed by atoms with Gasteiger partial charge in [0.2, 0.25) is 0 Å². The summed E-state index contributed by atoms with van der Waals surface area (Å²) in [5.41, 5.74) is 6.25. The topological polar surface area (TPSA) is 73.9 Å². The number of nitrogen functional groups attached to an aromatic ring is 1. The van der Waals surface area contributed by atoms with Gasteiger partial charge in [0, 0.05) is 12.2 Å². The highest BCUT2D eigenvalue weighted by Gasteiger charge is 1.98. The number of rotatable bonds is 3. The van der Waals surface area contributed by atoms with Crippen LogP contribution in [0.3, 0.4) is 0 Å². The summed E-state index contributed by atoms with van der Waals surface area (Å²) in [5, 5.41) is 10.5. The van der Waals surface area contributed by atoms with Crippen molar-refractivity contribution < 1.29 is 4.74 Å². The molecular formula is C6H10N4O. The molecular weight excluding hydrogens is 144 g/mol. The largest absolute Gasteiger partial charge is 0.382 e. The standard InChI is InChI=1S/C6H10N4O/c1-2-11-4-5-3-8-10-9-6(5)7/h3H,2,4H2,1H3,(H2,7,8,9). The second-order valence-corrected chi connectivity index (χ2v) is 1.98. The van der Waals surface area contributed by atoms with Crippen molar-refractivity contribution in [1.82, 2.24) is 15.4 Å². The fourth-order valence-electron chi connectivity index (χ4n) is 0.623. The van der Waals surface area contributed by atoms with Gasteiger partial charge in [0.25, 0.3) is 0 Å². The maximum Gasteiger partial charge on any atom is 0.155 e. The van der Waals surface area contributed by atoms with E-state index in [0.717, 1.165) is 5.56 Å². The van der Waals surface area contributed by atoms with Crippen LogP contribution in [0.5, 0.6) is 0 Å². The molecule has 0 aromatic carbocycles. The summed E-state index contributed by atoms with van der Waals surface area (Å²) in [5.74, 6) is 0.383. The lowest BCUT2D eigenvalue weighted by Gasteiger charge is -2.00. The molecule has 0 spiro atoms. The molecule has 0 amide bonds. The number of aromatic nitrogens is 3. The molecule has 1 aromatic heterocycles. The van der Waals surface area contributed by atoms with E-state index in [2.05, 4.69) is 15.4 Å². The highest BCUT2D eigenvalue weighted by Crippen LogP contribution is 2.04. The molecule has 0 aliphatic heterocycles. The molecule has 5 nitrogen and oxygen atoms in total. The Morgan fingerprint density at radius 2 is 2.45 bits per heavy atom. The van der Waals surface area contributed by atoms with Crippen molar-refractivity contribution in [3.8, 4) is 0 Å². The summed E-state index contributed by atoms with van der Waals surface area (Å²) in [4.78, 5) is 0. The number of hydrogen-bond acceptors (Lipinski definition) is 5. The molecule has 2 N–H and O–H groups in total. The molecule has 0 fully saturated rings. The van der Waals surface area contributed by atoms with Gasteiger partial charge in [-0.25, -0.2) is 0 Å². The maximum absolute atomic E-state index is 5.47. The fourth-order valence-corrected chi connectivity index (χ4v) is 0.623. The molecule has 5 heteroatoms. The Hall–Kier alpha value is -1.23. The van der Waals surface area contributed by atoms with E-state index in [1.54, 1.807) is 6.20 Å². The van der Waals surface area contributed by atoms with Crippen LogP contribution in [-0.4, -0.2) is 22.0 Å². The molecule has 1 aromatic rings. The van der Waals surface area contributed by atoms with Gasteiger partial charge in [0.15, 0.2) is 5.82 Å². The monoisotopic (exact) mass is 154 g/mol. The average molecular weight is 154 g/mol. The van der Waals surface area contributed by atoms with Crippen LogP contribution >= 0.6 is 0 Å². The number of nitrogens with zero attached hydrogens (tertiary/aromatic N) is 3. The first kappa shape index (κ1) is 7.87. The zero-order valence-corrected chi connectivity index (χ0v) is 6.32. The molecule has 0 radical (unpaired) electrons. The SMILES string of the molecule is CCOCc1cnnnc1N. The van der Waals surface area contributed by atoms with Crippen LogP contribution in [0.1, 0.15) is 12.5 Å². The Morgan fingerprint density at radius 3 is 3.09 bits per heavy atom. The van der Waals surface area contributed by atoms with Gasteiger partial charge in [-0.05, 0) is 12.1 Å². The van der Waals surface area contributed by atoms with Crippen LogP contribution in [0.15, 0.2) is 6.20 Å². The Labute approximate surface area is 64.6 Å². The van der Waals surface area contributed by atoms with Crippen LogP contribution in [0.25, 0.3) is 0 Å². The molecule has 0 saturated heterocycles. The zero-order chi connectivity index (χ0) is 8.10. The number of ether oxygens (including phenoxy) is 1.